The Balaban J connectivity index is 1.45. The second kappa shape index (κ2) is 14.0. The number of hydrogen-bond donors (Lipinski definition) is 4. The van der Waals surface area contributed by atoms with Crippen molar-refractivity contribution in [2.24, 2.45) is 0 Å². The third-order valence-corrected chi connectivity index (χ3v) is 9.13. The van der Waals surface area contributed by atoms with Crippen LogP contribution in [0.5, 0.6) is 0 Å². The molecule has 252 valence electrons. The number of alkyl carbamates (subject to hydrolysis) is 1. The van der Waals surface area contributed by atoms with Gasteiger partial charge in [-0.05, 0) is 78.8 Å². The molecule has 4 N–H and O–H groups in total. The maximum absolute atomic E-state index is 14.2. The molecule has 1 amide bonds. The van der Waals surface area contributed by atoms with Crippen molar-refractivity contribution in [3.63, 3.8) is 0 Å². The van der Waals surface area contributed by atoms with Crippen molar-refractivity contribution in [3.8, 4) is 11.3 Å². The van der Waals surface area contributed by atoms with Crippen LogP contribution < -0.4 is 21.3 Å². The Morgan fingerprint density at radius 2 is 1.78 bits per heavy atom. The minimum atomic E-state index is -4.73. The van der Waals surface area contributed by atoms with Crippen molar-refractivity contribution in [1.82, 2.24) is 25.6 Å². The predicted molar refractivity (Wildman–Crippen MR) is 171 cm³/mol. The predicted octanol–water partition coefficient (Wildman–Crippen LogP) is 5.91. The van der Waals surface area contributed by atoms with E-state index in [1.54, 1.807) is 0 Å². The van der Waals surface area contributed by atoms with Gasteiger partial charge >= 0.3 is 18.2 Å². The fourth-order valence-corrected chi connectivity index (χ4v) is 7.09. The van der Waals surface area contributed by atoms with E-state index in [1.807, 2.05) is 20.8 Å². The van der Waals surface area contributed by atoms with E-state index in [4.69, 9.17) is 9.47 Å². The SMILES string of the molecule is COC(=O)c1ccc2c(-c3nc(N[C@H]4CC[C@H](NCCCCNC(=O)OC(C)(C)C)C4)ncc3C(F)(F)F)c[nH]c2c1P(C)(C)=O. The first-order chi connectivity index (χ1) is 21.5. The van der Waals surface area contributed by atoms with Crippen LogP contribution in [-0.2, 0) is 20.2 Å². The molecule has 0 spiro atoms. The van der Waals surface area contributed by atoms with Crippen molar-refractivity contribution in [2.75, 3.05) is 38.8 Å². The Labute approximate surface area is 266 Å². The van der Waals surface area contributed by atoms with Crippen LogP contribution >= 0.6 is 7.14 Å². The number of methoxy groups -OCH3 is 1. The number of benzene rings is 1. The van der Waals surface area contributed by atoms with Gasteiger partial charge in [0.25, 0.3) is 0 Å². The number of carbonyl (C=O) groups excluding carboxylic acids is 2. The Hall–Kier alpha value is -3.64. The first kappa shape index (κ1) is 35.2. The number of halogens is 3. The molecule has 1 fully saturated rings. The van der Waals surface area contributed by atoms with Gasteiger partial charge in [0.2, 0.25) is 5.95 Å². The average Bonchev–Trinajstić information content (AvgIpc) is 3.58. The van der Waals surface area contributed by atoms with Gasteiger partial charge in [-0.15, -0.1) is 0 Å². The highest BCUT2D eigenvalue weighted by atomic mass is 31.2. The number of anilines is 1. The fourth-order valence-electron chi connectivity index (χ4n) is 5.62. The zero-order valence-electron chi connectivity index (χ0n) is 26.9. The summed E-state index contributed by atoms with van der Waals surface area (Å²) in [4.78, 5) is 35.4. The van der Waals surface area contributed by atoms with Gasteiger partial charge < -0.3 is 35.0 Å². The molecule has 0 bridgehead atoms. The van der Waals surface area contributed by atoms with Crippen LogP contribution in [0.3, 0.4) is 0 Å². The second-order valence-electron chi connectivity index (χ2n) is 12.8. The fraction of sp³-hybridized carbons (Fsp3) is 0.548. The van der Waals surface area contributed by atoms with Crippen LogP contribution in [0.2, 0.25) is 0 Å². The van der Waals surface area contributed by atoms with Gasteiger partial charge in [-0.2, -0.15) is 13.2 Å². The molecule has 0 unspecified atom stereocenters. The van der Waals surface area contributed by atoms with E-state index < -0.39 is 36.5 Å². The van der Waals surface area contributed by atoms with Gasteiger partial charge in [0, 0.05) is 47.3 Å². The third-order valence-electron chi connectivity index (χ3n) is 7.59. The van der Waals surface area contributed by atoms with Crippen LogP contribution in [0.4, 0.5) is 23.9 Å². The normalized spacial score (nSPS) is 17.2. The smallest absolute Gasteiger partial charge is 0.419 e. The van der Waals surface area contributed by atoms with Crippen molar-refractivity contribution >= 4 is 41.4 Å². The summed E-state index contributed by atoms with van der Waals surface area (Å²) in [6.07, 6.45) is 1.03. The minimum absolute atomic E-state index is 0.0424. The maximum atomic E-state index is 14.2. The number of aromatic amines is 1. The van der Waals surface area contributed by atoms with Gasteiger partial charge in [0.1, 0.15) is 18.3 Å². The standard InChI is InChI=1S/C31H42F3N6O5P/c1-30(2,3)45-29(42)36-14-8-7-13-35-18-9-10-19(15-18)39-28-38-17-23(31(32,33)34)24(40-28)22-16-37-25-20(22)11-12-21(27(41)44-4)26(25)46(5,6)43/h11-12,16-19,35,37H,7-10,13-15H2,1-6H3,(H,36,42)(H,38,39,40)/t18-,19-/m0/s1. The van der Waals surface area contributed by atoms with E-state index in [-0.39, 0.29) is 45.7 Å². The average molecular weight is 667 g/mol. The number of carbonyl (C=O) groups is 2. The molecule has 1 aliphatic carbocycles. The Morgan fingerprint density at radius 3 is 2.43 bits per heavy atom. The summed E-state index contributed by atoms with van der Waals surface area (Å²) in [5, 5.41) is 9.99. The monoisotopic (exact) mass is 666 g/mol. The van der Waals surface area contributed by atoms with E-state index in [1.165, 1.54) is 38.8 Å². The zero-order chi connectivity index (χ0) is 33.9. The van der Waals surface area contributed by atoms with Gasteiger partial charge in [0.15, 0.2) is 0 Å². The molecule has 0 aliphatic heterocycles. The van der Waals surface area contributed by atoms with Gasteiger partial charge in [-0.1, -0.05) is 6.07 Å². The largest absolute Gasteiger partial charge is 0.465 e. The minimum Gasteiger partial charge on any atom is -0.465 e. The zero-order valence-corrected chi connectivity index (χ0v) is 27.8. The number of fused-ring (bicyclic) bond motifs is 1. The van der Waals surface area contributed by atoms with Crippen LogP contribution in [0.1, 0.15) is 68.8 Å². The van der Waals surface area contributed by atoms with E-state index >= 15 is 0 Å². The number of aromatic nitrogens is 3. The summed E-state index contributed by atoms with van der Waals surface area (Å²) in [5.74, 6) is -0.625. The lowest BCUT2D eigenvalue weighted by molar-refractivity contribution is -0.137. The van der Waals surface area contributed by atoms with Crippen molar-refractivity contribution < 1.29 is 36.8 Å². The molecule has 0 radical (unpaired) electrons. The molecule has 2 heterocycles. The van der Waals surface area contributed by atoms with Crippen molar-refractivity contribution in [2.45, 2.75) is 76.7 Å². The number of nitrogens with zero attached hydrogens (tertiary/aromatic N) is 2. The Kier molecular flexibility index (Phi) is 10.7. The Bertz CT molecular complexity index is 1610. The molecule has 2 atom stereocenters. The summed E-state index contributed by atoms with van der Waals surface area (Å²) in [5.41, 5.74) is -1.37. The Morgan fingerprint density at radius 1 is 1.09 bits per heavy atom. The molecule has 1 aromatic carbocycles. The molecule has 46 heavy (non-hydrogen) atoms. The summed E-state index contributed by atoms with van der Waals surface area (Å²) >= 11 is 0. The first-order valence-electron chi connectivity index (χ1n) is 15.2. The first-order valence-corrected chi connectivity index (χ1v) is 17.8. The molecular weight excluding hydrogens is 624 g/mol. The van der Waals surface area contributed by atoms with Crippen LogP contribution in [0.15, 0.2) is 24.5 Å². The molecule has 4 rings (SSSR count). The summed E-state index contributed by atoms with van der Waals surface area (Å²) in [7, 11) is -1.88. The quantitative estimate of drug-likeness (QED) is 0.111. The number of ether oxygens (including phenoxy) is 2. The maximum Gasteiger partial charge on any atom is 0.419 e. The number of amides is 1. The summed E-state index contributed by atoms with van der Waals surface area (Å²) in [6, 6.07) is 3.10. The highest BCUT2D eigenvalue weighted by molar-refractivity contribution is 7.70. The lowest BCUT2D eigenvalue weighted by atomic mass is 10.0. The second-order valence-corrected chi connectivity index (χ2v) is 16.0. The number of rotatable bonds is 11. The van der Waals surface area contributed by atoms with Gasteiger partial charge in [0.05, 0.1) is 23.9 Å². The van der Waals surface area contributed by atoms with Crippen LogP contribution in [0.25, 0.3) is 22.2 Å². The number of H-pyrrole nitrogens is 1. The highest BCUT2D eigenvalue weighted by Gasteiger charge is 2.37. The number of hydrogen-bond acceptors (Lipinski definition) is 9. The molecule has 1 saturated carbocycles. The van der Waals surface area contributed by atoms with Crippen molar-refractivity contribution in [1.29, 1.82) is 0 Å². The highest BCUT2D eigenvalue weighted by Crippen LogP contribution is 2.43. The number of unbranched alkanes of at least 4 members (excludes halogenated alkanes) is 1. The van der Waals surface area contributed by atoms with E-state index in [0.717, 1.165) is 44.8 Å². The lowest BCUT2D eigenvalue weighted by Crippen LogP contribution is -2.33. The van der Waals surface area contributed by atoms with E-state index in [0.29, 0.717) is 11.9 Å². The molecule has 1 aliphatic rings. The van der Waals surface area contributed by atoms with Crippen molar-refractivity contribution in [3.05, 3.63) is 35.7 Å². The third kappa shape index (κ3) is 8.79. The lowest BCUT2D eigenvalue weighted by Gasteiger charge is -2.19. The van der Waals surface area contributed by atoms with Crippen LogP contribution in [0, 0.1) is 0 Å². The van der Waals surface area contributed by atoms with Gasteiger partial charge in [-0.3, -0.25) is 0 Å². The summed E-state index contributed by atoms with van der Waals surface area (Å²) in [6.45, 7) is 9.67. The number of nitrogens with one attached hydrogen (secondary N) is 4. The number of esters is 1. The number of alkyl halides is 3. The molecule has 2 aromatic heterocycles. The summed E-state index contributed by atoms with van der Waals surface area (Å²) < 4.78 is 65.8. The molecular formula is C31H42F3N6O5P. The molecule has 15 heteroatoms. The van der Waals surface area contributed by atoms with E-state index in [9.17, 15) is 27.3 Å². The van der Waals surface area contributed by atoms with Gasteiger partial charge in [-0.25, -0.2) is 19.6 Å². The molecule has 11 nitrogen and oxygen atoms in total. The topological polar surface area (TPSA) is 147 Å². The molecule has 3 aromatic rings. The molecule has 0 saturated heterocycles. The van der Waals surface area contributed by atoms with E-state index in [2.05, 4.69) is 30.9 Å². The van der Waals surface area contributed by atoms with Crippen LogP contribution in [-0.4, -0.2) is 78.2 Å².